The molecule has 1 atom stereocenters. The molecule has 0 bridgehead atoms. The van der Waals surface area contributed by atoms with Gasteiger partial charge in [-0.15, -0.1) is 0 Å². The highest BCUT2D eigenvalue weighted by molar-refractivity contribution is 5.84. The monoisotopic (exact) mass is 244 g/mol. The predicted molar refractivity (Wildman–Crippen MR) is 73.6 cm³/mol. The first kappa shape index (κ1) is 11.8. The number of aliphatic hydroxyl groups excluding tert-OH is 1. The quantitative estimate of drug-likeness (QED) is 0.760. The smallest absolute Gasteiger partial charge is 0.0839 e. The van der Waals surface area contributed by atoms with Crippen LogP contribution < -0.4 is 5.32 Å². The third-order valence-electron chi connectivity index (χ3n) is 4.02. The summed E-state index contributed by atoms with van der Waals surface area (Å²) in [5.74, 6) is 0.381. The Morgan fingerprint density at radius 3 is 2.83 bits per heavy atom. The van der Waals surface area contributed by atoms with E-state index < -0.39 is 0 Å². The average molecular weight is 244 g/mol. The number of aliphatic hydroxyl groups is 1. The molecule has 2 heterocycles. The highest BCUT2D eigenvalue weighted by Gasteiger charge is 2.24. The molecule has 1 aliphatic rings. The summed E-state index contributed by atoms with van der Waals surface area (Å²) >= 11 is 0. The molecule has 18 heavy (non-hydrogen) atoms. The topological polar surface area (TPSA) is 48.0 Å². The molecular formula is C15H20N2O. The molecule has 1 aromatic carbocycles. The van der Waals surface area contributed by atoms with E-state index in [1.165, 1.54) is 5.56 Å². The van der Waals surface area contributed by atoms with Crippen molar-refractivity contribution in [3.63, 3.8) is 0 Å². The Kier molecular flexibility index (Phi) is 3.10. The van der Waals surface area contributed by atoms with Gasteiger partial charge in [-0.1, -0.05) is 12.1 Å². The Hall–Kier alpha value is -1.32. The van der Waals surface area contributed by atoms with Crippen LogP contribution >= 0.6 is 0 Å². The second-order valence-electron chi connectivity index (χ2n) is 5.33. The number of hydrogen-bond donors (Lipinski definition) is 3. The van der Waals surface area contributed by atoms with Gasteiger partial charge in [0.2, 0.25) is 0 Å². The van der Waals surface area contributed by atoms with Gasteiger partial charge in [-0.25, -0.2) is 0 Å². The molecule has 0 radical (unpaired) electrons. The van der Waals surface area contributed by atoms with Crippen molar-refractivity contribution in [2.45, 2.75) is 25.9 Å². The maximum atomic E-state index is 10.6. The zero-order valence-corrected chi connectivity index (χ0v) is 10.7. The first-order chi connectivity index (χ1) is 8.75. The fraction of sp³-hybridized carbons (Fsp3) is 0.467. The minimum absolute atomic E-state index is 0.344. The Morgan fingerprint density at radius 2 is 2.06 bits per heavy atom. The van der Waals surface area contributed by atoms with Gasteiger partial charge in [-0.05, 0) is 50.4 Å². The number of aryl methyl sites for hydroxylation is 1. The summed E-state index contributed by atoms with van der Waals surface area (Å²) in [6.07, 6.45) is 3.74. The number of nitrogens with one attached hydrogen (secondary N) is 2. The highest BCUT2D eigenvalue weighted by atomic mass is 16.3. The number of benzene rings is 1. The molecule has 1 aliphatic heterocycles. The minimum Gasteiger partial charge on any atom is -0.388 e. The van der Waals surface area contributed by atoms with Gasteiger partial charge in [-0.2, -0.15) is 0 Å². The number of rotatable bonds is 2. The summed E-state index contributed by atoms with van der Waals surface area (Å²) in [5, 5.41) is 15.1. The first-order valence-electron chi connectivity index (χ1n) is 6.72. The standard InChI is InChI=1S/C15H20N2O/c1-10-2-3-12-13(9-17-14(12)8-10)15(18)11-4-6-16-7-5-11/h2-3,8-9,11,15-18H,4-7H2,1H3. The SMILES string of the molecule is Cc1ccc2c(C(O)C3CCNCC3)c[nH]c2c1. The van der Waals surface area contributed by atoms with E-state index in [-0.39, 0.29) is 6.10 Å². The number of aromatic amines is 1. The Labute approximate surface area is 107 Å². The molecule has 3 rings (SSSR count). The lowest BCUT2D eigenvalue weighted by Crippen LogP contribution is -2.30. The Bertz CT molecular complexity index is 540. The van der Waals surface area contributed by atoms with Crippen LogP contribution in [0.3, 0.4) is 0 Å². The van der Waals surface area contributed by atoms with Gasteiger partial charge in [0, 0.05) is 22.7 Å². The average Bonchev–Trinajstić information content (AvgIpc) is 2.81. The van der Waals surface area contributed by atoms with E-state index in [4.69, 9.17) is 0 Å². The molecule has 1 saturated heterocycles. The minimum atomic E-state index is -0.344. The highest BCUT2D eigenvalue weighted by Crippen LogP contribution is 2.33. The summed E-state index contributed by atoms with van der Waals surface area (Å²) in [5.41, 5.74) is 3.42. The van der Waals surface area contributed by atoms with Gasteiger partial charge >= 0.3 is 0 Å². The summed E-state index contributed by atoms with van der Waals surface area (Å²) in [6, 6.07) is 6.35. The number of fused-ring (bicyclic) bond motifs is 1. The Morgan fingerprint density at radius 1 is 1.28 bits per heavy atom. The van der Waals surface area contributed by atoms with Crippen molar-refractivity contribution >= 4 is 10.9 Å². The van der Waals surface area contributed by atoms with E-state index in [9.17, 15) is 5.11 Å². The van der Waals surface area contributed by atoms with Crippen molar-refractivity contribution < 1.29 is 5.11 Å². The van der Waals surface area contributed by atoms with E-state index in [0.717, 1.165) is 42.4 Å². The molecule has 3 nitrogen and oxygen atoms in total. The van der Waals surface area contributed by atoms with Crippen LogP contribution in [0.5, 0.6) is 0 Å². The number of H-pyrrole nitrogens is 1. The van der Waals surface area contributed by atoms with E-state index >= 15 is 0 Å². The molecule has 1 aromatic heterocycles. The molecule has 0 spiro atoms. The van der Waals surface area contributed by atoms with Crippen molar-refractivity contribution in [2.75, 3.05) is 13.1 Å². The molecule has 1 unspecified atom stereocenters. The van der Waals surface area contributed by atoms with Crippen LogP contribution in [0.1, 0.15) is 30.1 Å². The maximum Gasteiger partial charge on any atom is 0.0839 e. The van der Waals surface area contributed by atoms with Crippen LogP contribution in [0.2, 0.25) is 0 Å². The molecule has 96 valence electrons. The van der Waals surface area contributed by atoms with Crippen molar-refractivity contribution in [1.29, 1.82) is 0 Å². The normalized spacial score (nSPS) is 19.2. The summed E-state index contributed by atoms with van der Waals surface area (Å²) in [7, 11) is 0. The van der Waals surface area contributed by atoms with Gasteiger partial charge in [0.1, 0.15) is 0 Å². The number of piperidine rings is 1. The predicted octanol–water partition coefficient (Wildman–Crippen LogP) is 2.51. The van der Waals surface area contributed by atoms with Crippen LogP contribution in [0.25, 0.3) is 10.9 Å². The summed E-state index contributed by atoms with van der Waals surface area (Å²) in [4.78, 5) is 3.27. The van der Waals surface area contributed by atoms with Crippen molar-refractivity contribution in [3.8, 4) is 0 Å². The van der Waals surface area contributed by atoms with E-state index in [2.05, 4.69) is 35.4 Å². The van der Waals surface area contributed by atoms with Crippen LogP contribution in [0, 0.1) is 12.8 Å². The third kappa shape index (κ3) is 2.04. The first-order valence-corrected chi connectivity index (χ1v) is 6.72. The van der Waals surface area contributed by atoms with Crippen LogP contribution in [-0.2, 0) is 0 Å². The van der Waals surface area contributed by atoms with Gasteiger partial charge in [0.05, 0.1) is 6.10 Å². The zero-order valence-electron chi connectivity index (χ0n) is 10.7. The van der Waals surface area contributed by atoms with Crippen LogP contribution in [-0.4, -0.2) is 23.2 Å². The van der Waals surface area contributed by atoms with Gasteiger partial charge in [-0.3, -0.25) is 0 Å². The van der Waals surface area contributed by atoms with Gasteiger partial charge in [0.15, 0.2) is 0 Å². The maximum absolute atomic E-state index is 10.6. The van der Waals surface area contributed by atoms with Crippen molar-refractivity contribution in [2.24, 2.45) is 5.92 Å². The summed E-state index contributed by atoms with van der Waals surface area (Å²) < 4.78 is 0. The molecule has 3 N–H and O–H groups in total. The lowest BCUT2D eigenvalue weighted by atomic mass is 9.88. The van der Waals surface area contributed by atoms with Crippen LogP contribution in [0.4, 0.5) is 0 Å². The van der Waals surface area contributed by atoms with Crippen molar-refractivity contribution in [3.05, 3.63) is 35.5 Å². The molecular weight excluding hydrogens is 224 g/mol. The molecule has 0 aliphatic carbocycles. The molecule has 3 heteroatoms. The number of aromatic nitrogens is 1. The number of hydrogen-bond acceptors (Lipinski definition) is 2. The molecule has 1 fully saturated rings. The van der Waals surface area contributed by atoms with Gasteiger partial charge in [0.25, 0.3) is 0 Å². The second kappa shape index (κ2) is 4.75. The van der Waals surface area contributed by atoms with E-state index in [0.29, 0.717) is 5.92 Å². The fourth-order valence-corrected chi connectivity index (χ4v) is 2.92. The van der Waals surface area contributed by atoms with Crippen LogP contribution in [0.15, 0.2) is 24.4 Å². The lowest BCUT2D eigenvalue weighted by molar-refractivity contribution is 0.0902. The third-order valence-corrected chi connectivity index (χ3v) is 4.02. The van der Waals surface area contributed by atoms with E-state index in [1.54, 1.807) is 0 Å². The molecule has 0 saturated carbocycles. The molecule has 2 aromatic rings. The zero-order chi connectivity index (χ0) is 12.5. The fourth-order valence-electron chi connectivity index (χ4n) is 2.92. The van der Waals surface area contributed by atoms with Gasteiger partial charge < -0.3 is 15.4 Å². The van der Waals surface area contributed by atoms with Crippen molar-refractivity contribution in [1.82, 2.24) is 10.3 Å². The van der Waals surface area contributed by atoms with E-state index in [1.807, 2.05) is 6.20 Å². The Balaban J connectivity index is 1.93. The largest absolute Gasteiger partial charge is 0.388 e. The lowest BCUT2D eigenvalue weighted by Gasteiger charge is -2.27. The summed E-state index contributed by atoms with van der Waals surface area (Å²) in [6.45, 7) is 4.12. The second-order valence-corrected chi connectivity index (χ2v) is 5.33. The molecule has 0 amide bonds.